The number of nitrogens with zero attached hydrogens (tertiary/aromatic N) is 3. The molecule has 110 valence electrons. The van der Waals surface area contributed by atoms with Crippen LogP contribution in [0.5, 0.6) is 0 Å². The molecule has 0 rings (SSSR count). The molecule has 0 fully saturated rings. The van der Waals surface area contributed by atoms with E-state index in [0.717, 1.165) is 0 Å². The number of carboxylic acids is 1. The second-order valence-corrected chi connectivity index (χ2v) is 3.80. The number of carbonyl (C=O) groups excluding carboxylic acids is 1. The maximum absolute atomic E-state index is 11.3. The summed E-state index contributed by atoms with van der Waals surface area (Å²) in [5.41, 5.74) is 0. The normalized spacial score (nSPS) is 10.9. The van der Waals surface area contributed by atoms with E-state index in [9.17, 15) is 14.8 Å². The van der Waals surface area contributed by atoms with Crippen LogP contribution in [0.1, 0.15) is 32.6 Å². The molecular weight excluding hydrogens is 258 g/mol. The van der Waals surface area contributed by atoms with E-state index in [1.807, 2.05) is 0 Å². The molecule has 0 aromatic carbocycles. The van der Waals surface area contributed by atoms with Gasteiger partial charge < -0.3 is 19.9 Å². The number of rotatable bonds is 10. The lowest BCUT2D eigenvalue weighted by atomic mass is 10.2. The molecule has 9 heteroatoms. The molecule has 0 radical (unpaired) electrons. The van der Waals surface area contributed by atoms with Gasteiger partial charge in [-0.25, -0.2) is 0 Å². The first-order chi connectivity index (χ1) is 8.93. The van der Waals surface area contributed by atoms with Gasteiger partial charge in [0.1, 0.15) is 0 Å². The lowest BCUT2D eigenvalue weighted by Gasteiger charge is -2.12. The fraction of sp³-hybridized carbons (Fsp3) is 0.800. The lowest BCUT2D eigenvalue weighted by Crippen LogP contribution is -2.27. The third-order valence-electron chi connectivity index (χ3n) is 2.11. The average Bonchev–Trinajstić information content (AvgIpc) is 2.33. The van der Waals surface area contributed by atoms with Gasteiger partial charge in [0.15, 0.2) is 0 Å². The minimum Gasteiger partial charge on any atom is -0.569 e. The summed E-state index contributed by atoms with van der Waals surface area (Å²) in [5.74, 6) is -1.35. The molecule has 0 bridgehead atoms. The summed E-state index contributed by atoms with van der Waals surface area (Å²) >= 11 is 0. The van der Waals surface area contributed by atoms with Crippen molar-refractivity contribution in [1.29, 1.82) is 0 Å². The molecule has 0 aliphatic heterocycles. The van der Waals surface area contributed by atoms with Crippen molar-refractivity contribution in [3.05, 3.63) is 5.21 Å². The van der Waals surface area contributed by atoms with E-state index >= 15 is 0 Å². The van der Waals surface area contributed by atoms with Gasteiger partial charge in [-0.3, -0.25) is 9.59 Å². The predicted octanol–water partition coefficient (Wildman–Crippen LogP) is 0.893. The molecule has 0 saturated carbocycles. The third-order valence-corrected chi connectivity index (χ3v) is 2.11. The Bertz CT molecular complexity index is 320. The van der Waals surface area contributed by atoms with Crippen LogP contribution in [0.4, 0.5) is 0 Å². The van der Waals surface area contributed by atoms with E-state index in [1.165, 1.54) is 19.0 Å². The monoisotopic (exact) mass is 277 g/mol. The van der Waals surface area contributed by atoms with E-state index in [2.05, 4.69) is 14.9 Å². The molecule has 0 aliphatic carbocycles. The molecule has 0 aromatic rings. The first-order valence-corrected chi connectivity index (χ1v) is 5.80. The van der Waals surface area contributed by atoms with Crippen LogP contribution in [0.25, 0.3) is 0 Å². The Hall–Kier alpha value is -2.06. The summed E-state index contributed by atoms with van der Waals surface area (Å²) in [5, 5.41) is 24.1. The van der Waals surface area contributed by atoms with Gasteiger partial charge in [0, 0.05) is 13.3 Å². The third kappa shape index (κ3) is 10.8. The predicted molar refractivity (Wildman–Crippen MR) is 62.5 cm³/mol. The zero-order valence-corrected chi connectivity index (χ0v) is 11.1. The Kier molecular flexibility index (Phi) is 8.84. The zero-order chi connectivity index (χ0) is 14.7. The Balaban J connectivity index is 3.68. The first-order valence-electron chi connectivity index (χ1n) is 5.80. The molecule has 1 N–H and O–H groups in total. The largest absolute Gasteiger partial charge is 0.569 e. The minimum absolute atomic E-state index is 0.126. The standard InChI is InChI=1S/C10H19N3O6/c1-9(14)18-8-19-11-13(17)12(2)7-5-3-4-6-10(15)16/h3-8H2,1-2H3,(H,15,16). The maximum atomic E-state index is 11.3. The number of hydrogen-bond donors (Lipinski definition) is 1. The second-order valence-electron chi connectivity index (χ2n) is 3.80. The fourth-order valence-electron chi connectivity index (χ4n) is 1.12. The van der Waals surface area contributed by atoms with Crippen LogP contribution in [0.2, 0.25) is 0 Å². The van der Waals surface area contributed by atoms with Gasteiger partial charge in [-0.05, 0) is 12.8 Å². The molecule has 0 spiro atoms. The number of aliphatic carboxylic acids is 1. The van der Waals surface area contributed by atoms with Crippen molar-refractivity contribution in [1.82, 2.24) is 5.01 Å². The molecule has 0 saturated heterocycles. The molecule has 0 aliphatic rings. The highest BCUT2D eigenvalue weighted by atomic mass is 16.8. The Morgan fingerprint density at radius 3 is 2.63 bits per heavy atom. The van der Waals surface area contributed by atoms with E-state index < -0.39 is 18.7 Å². The van der Waals surface area contributed by atoms with Gasteiger partial charge in [0.2, 0.25) is 5.28 Å². The molecule has 0 amide bonds. The fourth-order valence-corrected chi connectivity index (χ4v) is 1.12. The highest BCUT2D eigenvalue weighted by Gasteiger charge is 2.06. The van der Waals surface area contributed by atoms with Crippen LogP contribution in [0.3, 0.4) is 0 Å². The quantitative estimate of drug-likeness (QED) is 0.157. The summed E-state index contributed by atoms with van der Waals surface area (Å²) in [6.45, 7) is 1.21. The van der Waals surface area contributed by atoms with Crippen LogP contribution in [0.15, 0.2) is 5.28 Å². The molecule has 0 atom stereocenters. The van der Waals surface area contributed by atoms with Crippen LogP contribution >= 0.6 is 0 Å². The summed E-state index contributed by atoms with van der Waals surface area (Å²) in [4.78, 5) is 25.3. The number of esters is 1. The number of carbonyl (C=O) groups is 2. The summed E-state index contributed by atoms with van der Waals surface area (Å²) in [6.07, 6.45) is 2.07. The van der Waals surface area contributed by atoms with Crippen molar-refractivity contribution < 1.29 is 29.2 Å². The summed E-state index contributed by atoms with van der Waals surface area (Å²) < 4.78 is 4.41. The lowest BCUT2D eigenvalue weighted by molar-refractivity contribution is -0.706. The van der Waals surface area contributed by atoms with Crippen molar-refractivity contribution >= 4 is 11.9 Å². The van der Waals surface area contributed by atoms with Gasteiger partial charge in [0.25, 0.3) is 6.79 Å². The number of carboxylic acid groups (broad SMARTS) is 1. The van der Waals surface area contributed by atoms with E-state index in [0.29, 0.717) is 25.8 Å². The van der Waals surface area contributed by atoms with Gasteiger partial charge >= 0.3 is 11.9 Å². The van der Waals surface area contributed by atoms with Gasteiger partial charge in [-0.1, -0.05) is 6.42 Å². The summed E-state index contributed by atoms with van der Waals surface area (Å²) in [6, 6.07) is 0. The molecule has 19 heavy (non-hydrogen) atoms. The van der Waals surface area contributed by atoms with Crippen molar-refractivity contribution in [3.63, 3.8) is 0 Å². The number of ether oxygens (including phenoxy) is 1. The number of hydrazine groups is 1. The van der Waals surface area contributed by atoms with Crippen LogP contribution in [0, 0.1) is 5.21 Å². The van der Waals surface area contributed by atoms with Gasteiger partial charge in [-0.2, -0.15) is 0 Å². The van der Waals surface area contributed by atoms with Crippen molar-refractivity contribution in [2.75, 3.05) is 20.4 Å². The first kappa shape index (κ1) is 16.9. The molecular formula is C10H19N3O6. The van der Waals surface area contributed by atoms with E-state index in [4.69, 9.17) is 5.11 Å². The smallest absolute Gasteiger partial charge is 0.305 e. The van der Waals surface area contributed by atoms with E-state index in [1.54, 1.807) is 0 Å². The minimum atomic E-state index is -0.826. The molecule has 9 nitrogen and oxygen atoms in total. The van der Waals surface area contributed by atoms with E-state index in [-0.39, 0.29) is 11.4 Å². The van der Waals surface area contributed by atoms with Gasteiger partial charge in [-0.15, -0.1) is 5.01 Å². The van der Waals surface area contributed by atoms with Crippen LogP contribution in [-0.2, 0) is 19.2 Å². The van der Waals surface area contributed by atoms with Crippen molar-refractivity contribution in [3.8, 4) is 0 Å². The van der Waals surface area contributed by atoms with Crippen molar-refractivity contribution in [2.45, 2.75) is 32.6 Å². The molecule has 0 heterocycles. The number of unbranched alkanes of at least 4 members (excludes halogenated alkanes) is 2. The highest BCUT2D eigenvalue weighted by molar-refractivity contribution is 5.66. The Morgan fingerprint density at radius 2 is 2.05 bits per heavy atom. The topological polar surface area (TPSA) is 114 Å². The molecule has 0 aromatic heterocycles. The SMILES string of the molecule is CC(=O)OCON=[N+]([O-])N(C)CCCCCC(=O)O. The average molecular weight is 277 g/mol. The van der Waals surface area contributed by atoms with Gasteiger partial charge in [0.05, 0.1) is 18.6 Å². The zero-order valence-electron chi connectivity index (χ0n) is 11.1. The Labute approximate surface area is 110 Å². The highest BCUT2D eigenvalue weighted by Crippen LogP contribution is 2.01. The number of hydrogen-bond acceptors (Lipinski definition) is 6. The molecule has 0 unspecified atom stereocenters. The van der Waals surface area contributed by atoms with Crippen LogP contribution in [-0.4, -0.2) is 47.4 Å². The maximum Gasteiger partial charge on any atom is 0.305 e. The second kappa shape index (κ2) is 9.92. The Morgan fingerprint density at radius 1 is 1.37 bits per heavy atom. The van der Waals surface area contributed by atoms with Crippen LogP contribution < -0.4 is 0 Å². The summed E-state index contributed by atoms with van der Waals surface area (Å²) in [7, 11) is 1.52. The van der Waals surface area contributed by atoms with Crippen molar-refractivity contribution in [2.24, 2.45) is 5.28 Å².